The second-order valence-electron chi connectivity index (χ2n) is 8.04. The van der Waals surface area contributed by atoms with Gasteiger partial charge in [-0.3, -0.25) is 9.59 Å². The molecule has 156 valence electrons. The third-order valence-electron chi connectivity index (χ3n) is 5.94. The number of nitrogens with one attached hydrogen (secondary N) is 2. The molecule has 1 fully saturated rings. The maximum atomic E-state index is 13.0. The van der Waals surface area contributed by atoms with Crippen LogP contribution in [0.1, 0.15) is 61.6 Å². The van der Waals surface area contributed by atoms with Crippen molar-refractivity contribution >= 4 is 34.2 Å². The molecule has 5 heteroatoms. The molecule has 5 nitrogen and oxygen atoms in total. The summed E-state index contributed by atoms with van der Waals surface area (Å²) in [5.41, 5.74) is 2.92. The number of anilines is 2. The summed E-state index contributed by atoms with van der Waals surface area (Å²) in [6.45, 7) is 2.09. The van der Waals surface area contributed by atoms with E-state index in [0.29, 0.717) is 29.3 Å². The molecule has 0 radical (unpaired) electrons. The number of rotatable bonds is 7. The molecular weight excluding hydrogens is 376 g/mol. The highest BCUT2D eigenvalue weighted by molar-refractivity contribution is 6.14. The number of para-hydroxylation sites is 1. The summed E-state index contributed by atoms with van der Waals surface area (Å²) in [5.74, 6) is 0.326. The smallest absolute Gasteiger partial charge is 0.293 e. The first-order valence-corrected chi connectivity index (χ1v) is 10.9. The third kappa shape index (κ3) is 4.56. The Morgan fingerprint density at radius 3 is 2.47 bits per heavy atom. The summed E-state index contributed by atoms with van der Waals surface area (Å²) >= 11 is 0. The van der Waals surface area contributed by atoms with Gasteiger partial charge in [-0.25, -0.2) is 0 Å². The van der Waals surface area contributed by atoms with Crippen LogP contribution in [0, 0.1) is 5.92 Å². The molecule has 0 bridgehead atoms. The number of amides is 2. The predicted molar refractivity (Wildman–Crippen MR) is 120 cm³/mol. The Balaban J connectivity index is 1.52. The van der Waals surface area contributed by atoms with E-state index >= 15 is 0 Å². The van der Waals surface area contributed by atoms with Crippen molar-refractivity contribution in [2.24, 2.45) is 5.92 Å². The van der Waals surface area contributed by atoms with Crippen molar-refractivity contribution in [3.05, 3.63) is 59.9 Å². The maximum absolute atomic E-state index is 13.0. The van der Waals surface area contributed by atoms with E-state index in [9.17, 15) is 9.59 Å². The molecule has 2 N–H and O–H groups in total. The topological polar surface area (TPSA) is 71.3 Å². The Hall–Kier alpha value is -3.08. The molecule has 2 aromatic carbocycles. The van der Waals surface area contributed by atoms with Gasteiger partial charge in [0.05, 0.1) is 0 Å². The molecule has 0 unspecified atom stereocenters. The lowest BCUT2D eigenvalue weighted by atomic mass is 10.0. The zero-order valence-electron chi connectivity index (χ0n) is 17.4. The van der Waals surface area contributed by atoms with E-state index in [0.717, 1.165) is 18.2 Å². The minimum Gasteiger partial charge on any atom is -0.449 e. The predicted octanol–water partition coefficient (Wildman–Crippen LogP) is 6.16. The van der Waals surface area contributed by atoms with Crippen LogP contribution in [-0.4, -0.2) is 11.8 Å². The highest BCUT2D eigenvalue weighted by atomic mass is 16.3. The van der Waals surface area contributed by atoms with Crippen LogP contribution in [0.25, 0.3) is 11.0 Å². The van der Waals surface area contributed by atoms with Gasteiger partial charge in [0, 0.05) is 17.5 Å². The van der Waals surface area contributed by atoms with Crippen LogP contribution in [0.3, 0.4) is 0 Å². The molecule has 1 aliphatic carbocycles. The number of fused-ring (bicyclic) bond motifs is 1. The van der Waals surface area contributed by atoms with E-state index in [4.69, 9.17) is 4.42 Å². The van der Waals surface area contributed by atoms with Gasteiger partial charge in [0.2, 0.25) is 11.7 Å². The van der Waals surface area contributed by atoms with Crippen LogP contribution in [0.4, 0.5) is 11.4 Å². The van der Waals surface area contributed by atoms with Crippen LogP contribution in [0.5, 0.6) is 0 Å². The van der Waals surface area contributed by atoms with Gasteiger partial charge in [-0.05, 0) is 48.6 Å². The average Bonchev–Trinajstić information content (AvgIpc) is 3.41. The Morgan fingerprint density at radius 1 is 1.00 bits per heavy atom. The van der Waals surface area contributed by atoms with E-state index in [2.05, 4.69) is 17.6 Å². The lowest BCUT2D eigenvalue weighted by Crippen LogP contribution is -2.17. The molecule has 3 aromatic rings. The summed E-state index contributed by atoms with van der Waals surface area (Å²) in [7, 11) is 0. The molecule has 1 heterocycles. The second kappa shape index (κ2) is 9.16. The molecule has 1 saturated carbocycles. The molecule has 0 aliphatic heterocycles. The van der Waals surface area contributed by atoms with Gasteiger partial charge in [-0.15, -0.1) is 0 Å². The Morgan fingerprint density at radius 2 is 1.73 bits per heavy atom. The molecule has 0 atom stereocenters. The van der Waals surface area contributed by atoms with Crippen molar-refractivity contribution in [3.63, 3.8) is 0 Å². The van der Waals surface area contributed by atoms with Crippen molar-refractivity contribution in [1.82, 2.24) is 0 Å². The van der Waals surface area contributed by atoms with Gasteiger partial charge in [-0.1, -0.05) is 56.9 Å². The molecular formula is C25H28N2O3. The van der Waals surface area contributed by atoms with Crippen molar-refractivity contribution in [3.8, 4) is 0 Å². The van der Waals surface area contributed by atoms with Crippen LogP contribution >= 0.6 is 0 Å². The fourth-order valence-electron chi connectivity index (χ4n) is 4.18. The van der Waals surface area contributed by atoms with E-state index in [-0.39, 0.29) is 17.6 Å². The number of hydrogen-bond donors (Lipinski definition) is 2. The van der Waals surface area contributed by atoms with Crippen LogP contribution < -0.4 is 10.6 Å². The summed E-state index contributed by atoms with van der Waals surface area (Å²) in [4.78, 5) is 25.6. The van der Waals surface area contributed by atoms with Gasteiger partial charge in [0.1, 0.15) is 11.3 Å². The third-order valence-corrected chi connectivity index (χ3v) is 5.94. The maximum Gasteiger partial charge on any atom is 0.293 e. The van der Waals surface area contributed by atoms with Gasteiger partial charge >= 0.3 is 0 Å². The number of hydrogen-bond acceptors (Lipinski definition) is 3. The first-order chi connectivity index (χ1) is 14.6. The number of carbonyl (C=O) groups excluding carboxylic acids is 2. The van der Waals surface area contributed by atoms with Gasteiger partial charge in [0.25, 0.3) is 5.91 Å². The summed E-state index contributed by atoms with van der Waals surface area (Å²) in [6.07, 6.45) is 7.26. The van der Waals surface area contributed by atoms with E-state index in [1.54, 1.807) is 6.07 Å². The normalized spacial score (nSPS) is 14.2. The number of furan rings is 1. The molecule has 30 heavy (non-hydrogen) atoms. The zero-order valence-corrected chi connectivity index (χ0v) is 17.4. The lowest BCUT2D eigenvalue weighted by molar-refractivity contribution is -0.116. The van der Waals surface area contributed by atoms with Crippen molar-refractivity contribution in [1.29, 1.82) is 0 Å². The second-order valence-corrected chi connectivity index (χ2v) is 8.04. The van der Waals surface area contributed by atoms with E-state index in [1.165, 1.54) is 31.2 Å². The summed E-state index contributed by atoms with van der Waals surface area (Å²) in [6, 6.07) is 15.1. The minimum absolute atomic E-state index is 0.0743. The molecule has 2 amide bonds. The van der Waals surface area contributed by atoms with Crippen molar-refractivity contribution < 1.29 is 14.0 Å². The lowest BCUT2D eigenvalue weighted by Gasteiger charge is -2.10. The van der Waals surface area contributed by atoms with Crippen LogP contribution in [-0.2, 0) is 11.2 Å². The Labute approximate surface area is 176 Å². The average molecular weight is 405 g/mol. The quantitative estimate of drug-likeness (QED) is 0.496. The van der Waals surface area contributed by atoms with Crippen molar-refractivity contribution in [2.75, 3.05) is 10.6 Å². The van der Waals surface area contributed by atoms with Crippen molar-refractivity contribution in [2.45, 2.75) is 51.9 Å². The molecule has 1 aliphatic rings. The van der Waals surface area contributed by atoms with E-state index in [1.807, 2.05) is 42.5 Å². The van der Waals surface area contributed by atoms with Gasteiger partial charge in [-0.2, -0.15) is 0 Å². The fraction of sp³-hybridized carbons (Fsp3) is 0.360. The fourth-order valence-corrected chi connectivity index (χ4v) is 4.18. The number of aryl methyl sites for hydroxylation is 1. The van der Waals surface area contributed by atoms with E-state index < -0.39 is 0 Å². The van der Waals surface area contributed by atoms with Gasteiger partial charge in [0.15, 0.2) is 0 Å². The molecule has 4 rings (SSSR count). The Kier molecular flexibility index (Phi) is 6.17. The van der Waals surface area contributed by atoms with Crippen LogP contribution in [0.15, 0.2) is 52.9 Å². The largest absolute Gasteiger partial charge is 0.449 e. The first-order valence-electron chi connectivity index (χ1n) is 10.9. The monoisotopic (exact) mass is 404 g/mol. The molecule has 0 spiro atoms. The minimum atomic E-state index is -0.374. The van der Waals surface area contributed by atoms with Gasteiger partial charge < -0.3 is 15.1 Å². The first kappa shape index (κ1) is 20.2. The SMILES string of the molecule is CCc1ccc(NC(=O)c2oc3ccccc3c2NC(=O)CCC2CCCC2)cc1. The zero-order chi connectivity index (χ0) is 20.9. The van der Waals surface area contributed by atoms with Crippen LogP contribution in [0.2, 0.25) is 0 Å². The molecule has 0 saturated heterocycles. The highest BCUT2D eigenvalue weighted by Crippen LogP contribution is 2.33. The summed E-state index contributed by atoms with van der Waals surface area (Å²) in [5, 5.41) is 6.56. The molecule has 1 aromatic heterocycles. The number of carbonyl (C=O) groups is 2. The Bertz CT molecular complexity index is 1030. The standard InChI is InChI=1S/C25H28N2O3/c1-2-17-11-14-19(15-12-17)26-25(29)24-23(20-9-5-6-10-21(20)30-24)27-22(28)16-13-18-7-3-4-8-18/h5-6,9-12,14-15,18H,2-4,7-8,13,16H2,1H3,(H,26,29)(H,27,28). The number of benzene rings is 2. The summed E-state index contributed by atoms with van der Waals surface area (Å²) < 4.78 is 5.83. The highest BCUT2D eigenvalue weighted by Gasteiger charge is 2.23.